The lowest BCUT2D eigenvalue weighted by atomic mass is 10.2. The number of hydrogen-bond donors (Lipinski definition) is 1. The molecule has 18 heavy (non-hydrogen) atoms. The van der Waals surface area contributed by atoms with Gasteiger partial charge in [0.25, 0.3) is 0 Å². The molecule has 0 aromatic heterocycles. The van der Waals surface area contributed by atoms with E-state index in [0.29, 0.717) is 11.5 Å². The van der Waals surface area contributed by atoms with Gasteiger partial charge in [0, 0.05) is 6.08 Å². The number of carbonyl (C=O) groups is 1. The van der Waals surface area contributed by atoms with Crippen LogP contribution in [0.25, 0.3) is 6.08 Å². The molecule has 0 spiro atoms. The van der Waals surface area contributed by atoms with Gasteiger partial charge in [-0.25, -0.2) is 4.79 Å². The highest BCUT2D eigenvalue weighted by Gasteiger charge is 2.12. The normalized spacial score (nSPS) is 10.9. The first-order valence-electron chi connectivity index (χ1n) is 5.39. The van der Waals surface area contributed by atoms with E-state index in [1.807, 2.05) is 13.8 Å². The first-order chi connectivity index (χ1) is 8.43. The quantitative estimate of drug-likeness (QED) is 0.847. The second-order valence-corrected chi connectivity index (χ2v) is 4.73. The van der Waals surface area contributed by atoms with Crippen molar-refractivity contribution in [2.45, 2.75) is 20.0 Å². The average molecular weight is 315 g/mol. The number of ether oxygens (including phenoxy) is 2. The van der Waals surface area contributed by atoms with Crippen LogP contribution in [0.15, 0.2) is 22.7 Å². The van der Waals surface area contributed by atoms with Gasteiger partial charge in [-0.1, -0.05) is 0 Å². The van der Waals surface area contributed by atoms with Crippen LogP contribution >= 0.6 is 15.9 Å². The van der Waals surface area contributed by atoms with Gasteiger partial charge in [-0.15, -0.1) is 0 Å². The van der Waals surface area contributed by atoms with Gasteiger partial charge in [0.15, 0.2) is 11.5 Å². The van der Waals surface area contributed by atoms with E-state index in [-0.39, 0.29) is 6.10 Å². The molecule has 1 rings (SSSR count). The third-order valence-corrected chi connectivity index (χ3v) is 2.61. The number of hydrogen-bond acceptors (Lipinski definition) is 3. The molecule has 0 unspecified atom stereocenters. The molecule has 1 aromatic carbocycles. The molecule has 0 saturated carbocycles. The van der Waals surface area contributed by atoms with Crippen LogP contribution in [0.3, 0.4) is 0 Å². The molecule has 0 fully saturated rings. The average Bonchev–Trinajstić information content (AvgIpc) is 2.28. The number of aliphatic carboxylic acids is 1. The molecule has 5 heteroatoms. The molecule has 0 atom stereocenters. The third kappa shape index (κ3) is 4.07. The summed E-state index contributed by atoms with van der Waals surface area (Å²) in [4.78, 5) is 10.5. The molecule has 0 aliphatic rings. The summed E-state index contributed by atoms with van der Waals surface area (Å²) in [5.74, 6) is 0.177. The molecule has 0 aliphatic heterocycles. The summed E-state index contributed by atoms with van der Waals surface area (Å²) in [5.41, 5.74) is 0.720. The Kier molecular flexibility index (Phi) is 5.22. The molecule has 1 N–H and O–H groups in total. The van der Waals surface area contributed by atoms with Crippen LogP contribution < -0.4 is 9.47 Å². The van der Waals surface area contributed by atoms with E-state index in [1.165, 1.54) is 6.08 Å². The summed E-state index contributed by atoms with van der Waals surface area (Å²) in [6.07, 6.45) is 2.59. The number of halogens is 1. The third-order valence-electron chi connectivity index (χ3n) is 2.02. The van der Waals surface area contributed by atoms with E-state index in [9.17, 15) is 4.79 Å². The van der Waals surface area contributed by atoms with E-state index in [2.05, 4.69) is 15.9 Å². The van der Waals surface area contributed by atoms with Crippen molar-refractivity contribution in [3.05, 3.63) is 28.2 Å². The minimum atomic E-state index is -0.993. The van der Waals surface area contributed by atoms with Crippen LogP contribution in [0.4, 0.5) is 0 Å². The van der Waals surface area contributed by atoms with Crippen molar-refractivity contribution in [3.63, 3.8) is 0 Å². The van der Waals surface area contributed by atoms with Crippen LogP contribution in [-0.4, -0.2) is 24.3 Å². The van der Waals surface area contributed by atoms with Gasteiger partial charge >= 0.3 is 5.97 Å². The summed E-state index contributed by atoms with van der Waals surface area (Å²) >= 11 is 3.39. The second kappa shape index (κ2) is 6.44. The van der Waals surface area contributed by atoms with Gasteiger partial charge in [0.05, 0.1) is 17.7 Å². The smallest absolute Gasteiger partial charge is 0.328 e. The molecule has 0 aliphatic carbocycles. The highest BCUT2D eigenvalue weighted by molar-refractivity contribution is 9.10. The molecule has 0 heterocycles. The topological polar surface area (TPSA) is 55.8 Å². The summed E-state index contributed by atoms with van der Waals surface area (Å²) in [6.45, 7) is 3.84. The van der Waals surface area contributed by atoms with Gasteiger partial charge < -0.3 is 14.6 Å². The predicted octanol–water partition coefficient (Wildman–Crippen LogP) is 3.34. The zero-order chi connectivity index (χ0) is 13.7. The maximum atomic E-state index is 10.5. The first-order valence-corrected chi connectivity index (χ1v) is 6.18. The largest absolute Gasteiger partial charge is 0.493 e. The van der Waals surface area contributed by atoms with Crippen molar-refractivity contribution < 1.29 is 19.4 Å². The minimum absolute atomic E-state index is 0.0237. The molecule has 98 valence electrons. The van der Waals surface area contributed by atoms with Gasteiger partial charge in [0.1, 0.15) is 0 Å². The summed E-state index contributed by atoms with van der Waals surface area (Å²) in [6, 6.07) is 3.50. The SMILES string of the molecule is COc1cc(C=CC(=O)O)cc(Br)c1OC(C)C. The lowest BCUT2D eigenvalue weighted by molar-refractivity contribution is -0.131. The van der Waals surface area contributed by atoms with Crippen LogP contribution in [0, 0.1) is 0 Å². The highest BCUT2D eigenvalue weighted by Crippen LogP contribution is 2.37. The Balaban J connectivity index is 3.14. The monoisotopic (exact) mass is 314 g/mol. The second-order valence-electron chi connectivity index (χ2n) is 3.87. The summed E-state index contributed by atoms with van der Waals surface area (Å²) in [7, 11) is 1.54. The van der Waals surface area contributed by atoms with Crippen molar-refractivity contribution in [1.29, 1.82) is 0 Å². The van der Waals surface area contributed by atoms with Gasteiger partial charge in [-0.3, -0.25) is 0 Å². The van der Waals surface area contributed by atoms with Crippen LogP contribution in [0.5, 0.6) is 11.5 Å². The van der Waals surface area contributed by atoms with E-state index in [4.69, 9.17) is 14.6 Å². The van der Waals surface area contributed by atoms with Crippen molar-refractivity contribution in [1.82, 2.24) is 0 Å². The maximum absolute atomic E-state index is 10.5. The maximum Gasteiger partial charge on any atom is 0.328 e. The first kappa shape index (κ1) is 14.6. The van der Waals surface area contributed by atoms with Gasteiger partial charge in [-0.2, -0.15) is 0 Å². The zero-order valence-corrected chi connectivity index (χ0v) is 12.0. The Labute approximate surface area is 114 Å². The fourth-order valence-electron chi connectivity index (χ4n) is 1.35. The molecule has 0 radical (unpaired) electrons. The zero-order valence-electron chi connectivity index (χ0n) is 10.4. The van der Waals surface area contributed by atoms with Crippen molar-refractivity contribution in [2.75, 3.05) is 7.11 Å². The van der Waals surface area contributed by atoms with Crippen LogP contribution in [0.1, 0.15) is 19.4 Å². The van der Waals surface area contributed by atoms with Gasteiger partial charge in [0.2, 0.25) is 0 Å². The lowest BCUT2D eigenvalue weighted by Crippen LogP contribution is -2.07. The van der Waals surface area contributed by atoms with E-state index in [0.717, 1.165) is 16.1 Å². The Morgan fingerprint density at radius 3 is 2.61 bits per heavy atom. The molecule has 1 aromatic rings. The highest BCUT2D eigenvalue weighted by atomic mass is 79.9. The Hall–Kier alpha value is -1.49. The molecule has 4 nitrogen and oxygen atoms in total. The molecular formula is C13H15BrO4. The fourth-order valence-corrected chi connectivity index (χ4v) is 1.91. The Bertz CT molecular complexity index is 466. The number of carboxylic acids is 1. The summed E-state index contributed by atoms with van der Waals surface area (Å²) in [5, 5.41) is 8.59. The molecule has 0 amide bonds. The Morgan fingerprint density at radius 1 is 1.44 bits per heavy atom. The van der Waals surface area contributed by atoms with Crippen molar-refractivity contribution in [3.8, 4) is 11.5 Å². The fraction of sp³-hybridized carbons (Fsp3) is 0.308. The van der Waals surface area contributed by atoms with Crippen molar-refractivity contribution in [2.24, 2.45) is 0 Å². The number of methoxy groups -OCH3 is 1. The Morgan fingerprint density at radius 2 is 2.11 bits per heavy atom. The molecule has 0 saturated heterocycles. The predicted molar refractivity (Wildman–Crippen MR) is 73.1 cm³/mol. The summed E-state index contributed by atoms with van der Waals surface area (Å²) < 4.78 is 11.6. The number of carboxylic acid groups (broad SMARTS) is 1. The lowest BCUT2D eigenvalue weighted by Gasteiger charge is -2.15. The van der Waals surface area contributed by atoms with E-state index in [1.54, 1.807) is 19.2 Å². The van der Waals surface area contributed by atoms with Crippen molar-refractivity contribution >= 4 is 28.0 Å². The number of benzene rings is 1. The van der Waals surface area contributed by atoms with Crippen LogP contribution in [-0.2, 0) is 4.79 Å². The standard InChI is InChI=1S/C13H15BrO4/c1-8(2)18-13-10(14)6-9(4-5-12(15)16)7-11(13)17-3/h4-8H,1-3H3,(H,15,16). The van der Waals surface area contributed by atoms with Gasteiger partial charge in [-0.05, 0) is 53.5 Å². The minimum Gasteiger partial charge on any atom is -0.493 e. The molecule has 0 bridgehead atoms. The van der Waals surface area contributed by atoms with Crippen LogP contribution in [0.2, 0.25) is 0 Å². The molecular weight excluding hydrogens is 300 g/mol. The van der Waals surface area contributed by atoms with E-state index < -0.39 is 5.97 Å². The van der Waals surface area contributed by atoms with E-state index >= 15 is 0 Å². The number of rotatable bonds is 5.